The van der Waals surface area contributed by atoms with Gasteiger partial charge in [0.05, 0.1) is 7.05 Å². The van der Waals surface area contributed by atoms with Gasteiger partial charge in [0.15, 0.2) is 6.04 Å². The van der Waals surface area contributed by atoms with E-state index in [4.69, 9.17) is 4.74 Å². The Morgan fingerprint density at radius 2 is 2.35 bits per heavy atom. The molecule has 110 valence electrons. The van der Waals surface area contributed by atoms with Crippen molar-refractivity contribution in [2.24, 2.45) is 0 Å². The number of rotatable bonds is 6. The highest BCUT2D eigenvalue weighted by molar-refractivity contribution is 5.94. The molecule has 0 bridgehead atoms. The van der Waals surface area contributed by atoms with Crippen molar-refractivity contribution < 1.29 is 14.8 Å². The smallest absolute Gasteiger partial charge is 0.282 e. The van der Waals surface area contributed by atoms with E-state index in [9.17, 15) is 4.79 Å². The maximum atomic E-state index is 12.2. The molecule has 0 saturated heterocycles. The Morgan fingerprint density at radius 3 is 3.05 bits per heavy atom. The molecule has 0 radical (unpaired) electrons. The molecule has 2 atom stereocenters. The number of carbonyl (C=O) groups excluding carboxylic acids is 1. The highest BCUT2D eigenvalue weighted by Crippen LogP contribution is 2.30. The number of amides is 1. The summed E-state index contributed by atoms with van der Waals surface area (Å²) < 4.78 is 5.67. The molecule has 1 aromatic carbocycles. The lowest BCUT2D eigenvalue weighted by Gasteiger charge is -2.13. The number of benzene rings is 1. The fourth-order valence-corrected chi connectivity index (χ4v) is 2.61. The zero-order chi connectivity index (χ0) is 14.5. The summed E-state index contributed by atoms with van der Waals surface area (Å²) in [6, 6.07) is 5.90. The molecule has 0 saturated carbocycles. The van der Waals surface area contributed by atoms with Gasteiger partial charge in [0, 0.05) is 18.5 Å². The van der Waals surface area contributed by atoms with E-state index in [1.165, 1.54) is 5.56 Å². The Morgan fingerprint density at radius 1 is 1.55 bits per heavy atom. The first kappa shape index (κ1) is 14.9. The van der Waals surface area contributed by atoms with Crippen LogP contribution in [-0.2, 0) is 11.2 Å². The molecule has 1 amide bonds. The van der Waals surface area contributed by atoms with E-state index in [-0.39, 0.29) is 18.1 Å². The fraction of sp³-hybridized carbons (Fsp3) is 0.562. The lowest BCUT2D eigenvalue weighted by Crippen LogP contribution is -2.88. The number of hydrogen-bond donors (Lipinski definition) is 2. The van der Waals surface area contributed by atoms with E-state index >= 15 is 0 Å². The minimum atomic E-state index is -0.00150. The van der Waals surface area contributed by atoms with Crippen LogP contribution in [0.4, 0.5) is 5.69 Å². The van der Waals surface area contributed by atoms with Gasteiger partial charge in [0.1, 0.15) is 11.9 Å². The fourth-order valence-electron chi connectivity index (χ4n) is 2.61. The molecule has 3 N–H and O–H groups in total. The molecule has 1 aromatic rings. The Hall–Kier alpha value is -1.55. The van der Waals surface area contributed by atoms with E-state index in [2.05, 4.69) is 19.2 Å². The maximum absolute atomic E-state index is 12.2. The third-order valence-corrected chi connectivity index (χ3v) is 3.77. The molecule has 0 unspecified atom stereocenters. The van der Waals surface area contributed by atoms with Crippen LogP contribution in [0.15, 0.2) is 18.2 Å². The molecule has 0 aromatic heterocycles. The van der Waals surface area contributed by atoms with Gasteiger partial charge in [-0.3, -0.25) is 4.79 Å². The molecule has 4 nitrogen and oxygen atoms in total. The van der Waals surface area contributed by atoms with Crippen molar-refractivity contribution >= 4 is 11.6 Å². The van der Waals surface area contributed by atoms with Crippen LogP contribution in [0, 0.1) is 0 Å². The van der Waals surface area contributed by atoms with Gasteiger partial charge in [0.25, 0.3) is 5.91 Å². The second-order valence-electron chi connectivity index (χ2n) is 5.53. The first-order valence-electron chi connectivity index (χ1n) is 7.54. The zero-order valence-electron chi connectivity index (χ0n) is 12.6. The number of carbonyl (C=O) groups is 1. The first-order chi connectivity index (χ1) is 9.63. The van der Waals surface area contributed by atoms with Gasteiger partial charge in [-0.1, -0.05) is 13.3 Å². The number of likely N-dealkylation sites (N-methyl/N-ethyl adjacent to an activating group) is 1. The molecule has 20 heavy (non-hydrogen) atoms. The second kappa shape index (κ2) is 6.75. The molecule has 4 heteroatoms. The summed E-state index contributed by atoms with van der Waals surface area (Å²) in [6.07, 6.45) is 4.27. The molecule has 0 aliphatic carbocycles. The van der Waals surface area contributed by atoms with Crippen molar-refractivity contribution in [3.05, 3.63) is 23.8 Å². The zero-order valence-corrected chi connectivity index (χ0v) is 12.6. The molecule has 2 rings (SSSR count). The normalized spacial score (nSPS) is 18.2. The quantitative estimate of drug-likeness (QED) is 0.831. The van der Waals surface area contributed by atoms with Crippen molar-refractivity contribution in [1.29, 1.82) is 0 Å². The van der Waals surface area contributed by atoms with Crippen LogP contribution in [0.3, 0.4) is 0 Å². The third-order valence-electron chi connectivity index (χ3n) is 3.77. The number of hydrogen-bond acceptors (Lipinski definition) is 2. The monoisotopic (exact) mass is 277 g/mol. The van der Waals surface area contributed by atoms with Crippen LogP contribution in [-0.4, -0.2) is 25.1 Å². The Kier molecular flexibility index (Phi) is 5.01. The molecule has 0 fully saturated rings. The highest BCUT2D eigenvalue weighted by Gasteiger charge is 2.22. The summed E-state index contributed by atoms with van der Waals surface area (Å²) in [6.45, 7) is 4.21. The summed E-state index contributed by atoms with van der Waals surface area (Å²) in [5, 5.41) is 5.01. The Balaban J connectivity index is 1.99. The van der Waals surface area contributed by atoms with Crippen LogP contribution in [0.2, 0.25) is 0 Å². The second-order valence-corrected chi connectivity index (χ2v) is 5.53. The van der Waals surface area contributed by atoms with Crippen molar-refractivity contribution in [2.75, 3.05) is 12.4 Å². The van der Waals surface area contributed by atoms with Crippen LogP contribution < -0.4 is 15.4 Å². The lowest BCUT2D eigenvalue weighted by atomic mass is 10.1. The van der Waals surface area contributed by atoms with E-state index in [0.29, 0.717) is 0 Å². The summed E-state index contributed by atoms with van der Waals surface area (Å²) in [4.78, 5) is 12.2. The van der Waals surface area contributed by atoms with Gasteiger partial charge >= 0.3 is 0 Å². The molecule has 1 aliphatic rings. The van der Waals surface area contributed by atoms with Crippen LogP contribution >= 0.6 is 0 Å². The lowest BCUT2D eigenvalue weighted by molar-refractivity contribution is -0.650. The summed E-state index contributed by atoms with van der Waals surface area (Å²) >= 11 is 0. The van der Waals surface area contributed by atoms with Crippen molar-refractivity contribution in [3.8, 4) is 5.75 Å². The van der Waals surface area contributed by atoms with Crippen LogP contribution in [0.25, 0.3) is 0 Å². The number of anilines is 1. The maximum Gasteiger partial charge on any atom is 0.282 e. The summed E-state index contributed by atoms with van der Waals surface area (Å²) in [7, 11) is 1.96. The number of nitrogens with one attached hydrogen (secondary N) is 1. The number of unbranched alkanes of at least 4 members (excludes halogenated alkanes) is 1. The number of ether oxygens (including phenoxy) is 1. The van der Waals surface area contributed by atoms with Gasteiger partial charge in [-0.05, 0) is 37.1 Å². The SMILES string of the molecule is CCCC[C@@H]([NH2+]C)C(=O)Nc1ccc2c(c1)C[C@@H](C)O2. The number of fused-ring (bicyclic) bond motifs is 1. The van der Waals surface area contributed by atoms with Gasteiger partial charge in [0.2, 0.25) is 0 Å². The predicted octanol–water partition coefficient (Wildman–Crippen LogP) is 1.70. The molecule has 1 aliphatic heterocycles. The third kappa shape index (κ3) is 3.51. The summed E-state index contributed by atoms with van der Waals surface area (Å²) in [5.41, 5.74) is 2.05. The largest absolute Gasteiger partial charge is 0.490 e. The standard InChI is InChI=1S/C16H24N2O2/c1-4-5-6-14(17-3)16(19)18-13-7-8-15-12(10-13)9-11(2)20-15/h7-8,10-11,14,17H,4-6,9H2,1-3H3,(H,18,19)/p+1/t11-,14-/m1/s1. The van der Waals surface area contributed by atoms with Gasteiger partial charge in [-0.15, -0.1) is 0 Å². The highest BCUT2D eigenvalue weighted by atomic mass is 16.5. The predicted molar refractivity (Wildman–Crippen MR) is 80.0 cm³/mol. The average molecular weight is 277 g/mol. The Labute approximate surface area is 120 Å². The molecule has 1 heterocycles. The minimum Gasteiger partial charge on any atom is -0.490 e. The van der Waals surface area contributed by atoms with Crippen LogP contribution in [0.5, 0.6) is 5.75 Å². The Bertz CT molecular complexity index is 474. The molecular weight excluding hydrogens is 252 g/mol. The molecule has 0 spiro atoms. The minimum absolute atomic E-state index is 0.00150. The van der Waals surface area contributed by atoms with Gasteiger partial charge in [-0.25, -0.2) is 0 Å². The first-order valence-corrected chi connectivity index (χ1v) is 7.54. The number of quaternary nitrogens is 1. The molecular formula is C16H25N2O2+. The van der Waals surface area contributed by atoms with E-state index in [1.54, 1.807) is 0 Å². The topological polar surface area (TPSA) is 54.9 Å². The van der Waals surface area contributed by atoms with Crippen LogP contribution in [0.1, 0.15) is 38.7 Å². The van der Waals surface area contributed by atoms with Gasteiger partial charge < -0.3 is 15.4 Å². The van der Waals surface area contributed by atoms with Crippen molar-refractivity contribution in [3.63, 3.8) is 0 Å². The summed E-state index contributed by atoms with van der Waals surface area (Å²) in [5.74, 6) is 1.04. The van der Waals surface area contributed by atoms with Crippen molar-refractivity contribution in [2.45, 2.75) is 51.7 Å². The van der Waals surface area contributed by atoms with E-state index in [1.807, 2.05) is 30.6 Å². The van der Waals surface area contributed by atoms with E-state index < -0.39 is 0 Å². The van der Waals surface area contributed by atoms with Gasteiger partial charge in [-0.2, -0.15) is 0 Å². The number of nitrogens with two attached hydrogens (primary N) is 1. The van der Waals surface area contributed by atoms with Crippen molar-refractivity contribution in [1.82, 2.24) is 0 Å². The van der Waals surface area contributed by atoms with E-state index in [0.717, 1.165) is 37.1 Å². The average Bonchev–Trinajstić information content (AvgIpc) is 2.79.